The number of unbranched alkanes of at least 4 members (excludes halogenated alkanes) is 1. The number of primary amides is 1. The van der Waals surface area contributed by atoms with Gasteiger partial charge in [0.1, 0.15) is 5.82 Å². The second-order valence-electron chi connectivity index (χ2n) is 6.91. The molecule has 2 aromatic heterocycles. The fourth-order valence-corrected chi connectivity index (χ4v) is 3.15. The molecule has 0 radical (unpaired) electrons. The van der Waals surface area contributed by atoms with Gasteiger partial charge in [-0.05, 0) is 30.7 Å². The van der Waals surface area contributed by atoms with Gasteiger partial charge in [-0.3, -0.25) is 14.5 Å². The molecule has 5 N–H and O–H groups in total. The number of benzene rings is 1. The van der Waals surface area contributed by atoms with Crippen molar-refractivity contribution in [3.8, 4) is 0 Å². The summed E-state index contributed by atoms with van der Waals surface area (Å²) < 4.78 is 17.0. The number of amides is 1. The zero-order valence-corrected chi connectivity index (χ0v) is 16.6. The Kier molecular flexibility index (Phi) is 6.40. The number of aromatic nitrogens is 3. The first kappa shape index (κ1) is 20.7. The van der Waals surface area contributed by atoms with E-state index in [4.69, 9.17) is 11.5 Å². The lowest BCUT2D eigenvalue weighted by Crippen LogP contribution is -2.46. The molecule has 9 heteroatoms. The minimum absolute atomic E-state index is 0.0726. The lowest BCUT2D eigenvalue weighted by atomic mass is 10.1. The topological polar surface area (TPSA) is 115 Å². The molecule has 1 atom stereocenters. The van der Waals surface area contributed by atoms with Gasteiger partial charge in [-0.1, -0.05) is 19.8 Å². The Hall–Kier alpha value is -3.04. The first-order valence-corrected chi connectivity index (χ1v) is 9.58. The standard InChI is InChI=1S/C20H26FN7O/c1-3-4-5-14(10-22)26-28(18-9-6-13(11-24-18)20(23)29)17-8-7-16-15(19(17)21)12-25-27(16)2/h6-9,11-12,14,26H,3-5,10,22H2,1-2H3,(H2,23,29)/t14-/m1/s1. The van der Waals surface area contributed by atoms with Crippen LogP contribution in [0.5, 0.6) is 0 Å². The molecule has 1 amide bonds. The Labute approximate surface area is 168 Å². The minimum atomic E-state index is -0.575. The van der Waals surface area contributed by atoms with Crippen molar-refractivity contribution in [3.63, 3.8) is 0 Å². The third-order valence-electron chi connectivity index (χ3n) is 4.85. The van der Waals surface area contributed by atoms with Crippen LogP contribution in [0.2, 0.25) is 0 Å². The largest absolute Gasteiger partial charge is 0.366 e. The predicted molar refractivity (Wildman–Crippen MR) is 111 cm³/mol. The number of fused-ring (bicyclic) bond motifs is 1. The van der Waals surface area contributed by atoms with Crippen molar-refractivity contribution in [2.45, 2.75) is 32.2 Å². The fourth-order valence-electron chi connectivity index (χ4n) is 3.15. The van der Waals surface area contributed by atoms with Crippen LogP contribution in [0.3, 0.4) is 0 Å². The second-order valence-corrected chi connectivity index (χ2v) is 6.91. The number of hydrogen-bond acceptors (Lipinski definition) is 6. The number of rotatable bonds is 9. The van der Waals surface area contributed by atoms with Gasteiger partial charge in [0, 0.05) is 25.8 Å². The second kappa shape index (κ2) is 8.97. The van der Waals surface area contributed by atoms with Crippen LogP contribution in [0.15, 0.2) is 36.7 Å². The predicted octanol–water partition coefficient (Wildman–Crippen LogP) is 2.37. The first-order chi connectivity index (χ1) is 14.0. The third kappa shape index (κ3) is 4.36. The SMILES string of the molecule is CCCC[C@H](CN)NN(c1ccc(C(N)=O)cn1)c1ccc2c(cnn2C)c1F. The van der Waals surface area contributed by atoms with Gasteiger partial charge in [-0.2, -0.15) is 5.10 Å². The molecular weight excluding hydrogens is 373 g/mol. The highest BCUT2D eigenvalue weighted by atomic mass is 19.1. The van der Waals surface area contributed by atoms with Gasteiger partial charge in [0.2, 0.25) is 5.91 Å². The maximum Gasteiger partial charge on any atom is 0.250 e. The lowest BCUT2D eigenvalue weighted by molar-refractivity contribution is 0.1000. The molecule has 0 bridgehead atoms. The normalized spacial score (nSPS) is 12.3. The van der Waals surface area contributed by atoms with Crippen molar-refractivity contribution in [1.82, 2.24) is 20.2 Å². The number of nitrogens with two attached hydrogens (primary N) is 2. The number of hydrogen-bond donors (Lipinski definition) is 3. The summed E-state index contributed by atoms with van der Waals surface area (Å²) in [5, 5.41) is 6.10. The molecule has 0 saturated heterocycles. The number of carbonyl (C=O) groups excluding carboxylic acids is 1. The monoisotopic (exact) mass is 399 g/mol. The molecule has 0 saturated carbocycles. The molecule has 0 fully saturated rings. The van der Waals surface area contributed by atoms with Gasteiger partial charge in [-0.25, -0.2) is 14.8 Å². The van der Waals surface area contributed by atoms with Crippen molar-refractivity contribution in [2.24, 2.45) is 18.5 Å². The quantitative estimate of drug-likeness (QED) is 0.476. The number of pyridine rings is 1. The van der Waals surface area contributed by atoms with Crippen LogP contribution < -0.4 is 21.9 Å². The molecule has 2 heterocycles. The number of halogens is 1. The van der Waals surface area contributed by atoms with Crippen molar-refractivity contribution >= 4 is 28.3 Å². The fraction of sp³-hybridized carbons (Fsp3) is 0.350. The van der Waals surface area contributed by atoms with E-state index in [1.54, 1.807) is 41.0 Å². The summed E-state index contributed by atoms with van der Waals surface area (Å²) in [7, 11) is 1.76. The van der Waals surface area contributed by atoms with Gasteiger partial charge in [0.15, 0.2) is 5.82 Å². The Morgan fingerprint density at radius 3 is 2.72 bits per heavy atom. The van der Waals surface area contributed by atoms with E-state index >= 15 is 4.39 Å². The number of hydrazine groups is 1. The van der Waals surface area contributed by atoms with E-state index in [0.29, 0.717) is 29.0 Å². The summed E-state index contributed by atoms with van der Waals surface area (Å²) in [5.41, 5.74) is 15.8. The highest BCUT2D eigenvalue weighted by Crippen LogP contribution is 2.30. The summed E-state index contributed by atoms with van der Waals surface area (Å²) in [6, 6.07) is 6.58. The van der Waals surface area contributed by atoms with Crippen molar-refractivity contribution in [3.05, 3.63) is 48.0 Å². The van der Waals surface area contributed by atoms with Crippen LogP contribution in [0.4, 0.5) is 15.9 Å². The van der Waals surface area contributed by atoms with Gasteiger partial charge < -0.3 is 11.5 Å². The van der Waals surface area contributed by atoms with E-state index in [1.165, 1.54) is 12.4 Å². The van der Waals surface area contributed by atoms with Gasteiger partial charge >= 0.3 is 0 Å². The molecule has 8 nitrogen and oxygen atoms in total. The highest BCUT2D eigenvalue weighted by molar-refractivity contribution is 5.92. The molecule has 0 aliphatic rings. The summed E-state index contributed by atoms with van der Waals surface area (Å²) in [6.45, 7) is 2.48. The third-order valence-corrected chi connectivity index (χ3v) is 4.85. The van der Waals surface area contributed by atoms with Crippen LogP contribution in [0, 0.1) is 5.82 Å². The summed E-state index contributed by atoms with van der Waals surface area (Å²) in [5.74, 6) is -0.573. The molecule has 3 aromatic rings. The average Bonchev–Trinajstić information content (AvgIpc) is 3.11. The van der Waals surface area contributed by atoms with Crippen molar-refractivity contribution in [2.75, 3.05) is 11.6 Å². The van der Waals surface area contributed by atoms with Crippen molar-refractivity contribution in [1.29, 1.82) is 0 Å². The Balaban J connectivity index is 2.04. The van der Waals surface area contributed by atoms with E-state index in [2.05, 4.69) is 22.4 Å². The van der Waals surface area contributed by atoms with Gasteiger partial charge in [-0.15, -0.1) is 0 Å². The zero-order chi connectivity index (χ0) is 21.0. The Morgan fingerprint density at radius 2 is 2.10 bits per heavy atom. The van der Waals surface area contributed by atoms with Crippen LogP contribution in [-0.2, 0) is 7.05 Å². The Morgan fingerprint density at radius 1 is 1.31 bits per heavy atom. The molecule has 0 unspecified atom stereocenters. The molecule has 29 heavy (non-hydrogen) atoms. The number of anilines is 2. The maximum absolute atomic E-state index is 15.4. The first-order valence-electron chi connectivity index (χ1n) is 9.58. The van der Waals surface area contributed by atoms with Crippen molar-refractivity contribution < 1.29 is 9.18 Å². The zero-order valence-electron chi connectivity index (χ0n) is 16.6. The summed E-state index contributed by atoms with van der Waals surface area (Å²) in [4.78, 5) is 15.7. The van der Waals surface area contributed by atoms with Gasteiger partial charge in [0.25, 0.3) is 0 Å². The lowest BCUT2D eigenvalue weighted by Gasteiger charge is -2.30. The van der Waals surface area contributed by atoms with Crippen LogP contribution in [-0.4, -0.2) is 33.3 Å². The molecule has 0 aliphatic heterocycles. The van der Waals surface area contributed by atoms with Crippen LogP contribution in [0.1, 0.15) is 36.5 Å². The molecule has 3 rings (SSSR count). The van der Waals surface area contributed by atoms with E-state index in [1.807, 2.05) is 0 Å². The summed E-state index contributed by atoms with van der Waals surface area (Å²) in [6.07, 6.45) is 5.71. The Bertz CT molecular complexity index is 986. The van der Waals surface area contributed by atoms with E-state index < -0.39 is 11.7 Å². The average molecular weight is 399 g/mol. The molecule has 0 spiro atoms. The summed E-state index contributed by atoms with van der Waals surface area (Å²) >= 11 is 0. The number of nitrogens with zero attached hydrogens (tertiary/aromatic N) is 4. The minimum Gasteiger partial charge on any atom is -0.366 e. The molecular formula is C20H26FN7O. The van der Waals surface area contributed by atoms with Gasteiger partial charge in [0.05, 0.1) is 28.4 Å². The van der Waals surface area contributed by atoms with E-state index in [9.17, 15) is 4.79 Å². The molecule has 0 aliphatic carbocycles. The number of aryl methyl sites for hydroxylation is 1. The van der Waals surface area contributed by atoms with E-state index in [0.717, 1.165) is 19.3 Å². The number of carbonyl (C=O) groups is 1. The molecule has 1 aromatic carbocycles. The molecule has 154 valence electrons. The highest BCUT2D eigenvalue weighted by Gasteiger charge is 2.21. The maximum atomic E-state index is 15.4. The van der Waals surface area contributed by atoms with Crippen LogP contribution in [0.25, 0.3) is 10.9 Å². The smallest absolute Gasteiger partial charge is 0.250 e. The van der Waals surface area contributed by atoms with E-state index in [-0.39, 0.29) is 11.6 Å². The number of nitrogens with one attached hydrogen (secondary N) is 1. The van der Waals surface area contributed by atoms with Crippen LogP contribution >= 0.6 is 0 Å².